The first kappa shape index (κ1) is 14.4. The third-order valence-corrected chi connectivity index (χ3v) is 2.54. The molecule has 3 heteroatoms. The molecular formula is C12H25NO2. The van der Waals surface area contributed by atoms with Gasteiger partial charge in [0.15, 0.2) is 0 Å². The van der Waals surface area contributed by atoms with E-state index in [0.29, 0.717) is 6.04 Å². The summed E-state index contributed by atoms with van der Waals surface area (Å²) in [6.07, 6.45) is 6.10. The topological polar surface area (TPSA) is 49.3 Å². The lowest BCUT2D eigenvalue weighted by Crippen LogP contribution is -2.37. The van der Waals surface area contributed by atoms with Crippen molar-refractivity contribution in [3.8, 4) is 0 Å². The molecule has 0 spiro atoms. The fourth-order valence-corrected chi connectivity index (χ4v) is 1.83. The molecular weight excluding hydrogens is 190 g/mol. The average molecular weight is 215 g/mol. The van der Waals surface area contributed by atoms with Gasteiger partial charge in [-0.25, -0.2) is 0 Å². The van der Waals surface area contributed by atoms with Gasteiger partial charge in [-0.15, -0.1) is 0 Å². The van der Waals surface area contributed by atoms with Crippen molar-refractivity contribution in [1.29, 1.82) is 0 Å². The van der Waals surface area contributed by atoms with Crippen LogP contribution in [-0.2, 0) is 4.79 Å². The molecule has 3 nitrogen and oxygen atoms in total. The predicted octanol–water partition coefficient (Wildman–Crippen LogP) is 2.80. The van der Waals surface area contributed by atoms with E-state index in [2.05, 4.69) is 19.2 Å². The summed E-state index contributed by atoms with van der Waals surface area (Å²) in [7, 11) is 0. The predicted molar refractivity (Wildman–Crippen MR) is 63.1 cm³/mol. The van der Waals surface area contributed by atoms with Crippen molar-refractivity contribution in [3.05, 3.63) is 0 Å². The van der Waals surface area contributed by atoms with Crippen molar-refractivity contribution < 1.29 is 9.90 Å². The smallest absolute Gasteiger partial charge is 0.304 e. The third-order valence-electron chi connectivity index (χ3n) is 2.54. The zero-order chi connectivity index (χ0) is 11.7. The normalized spacial score (nSPS) is 14.9. The Hall–Kier alpha value is -0.570. The van der Waals surface area contributed by atoms with Gasteiger partial charge in [-0.2, -0.15) is 0 Å². The molecule has 0 amide bonds. The second kappa shape index (κ2) is 8.72. The summed E-state index contributed by atoms with van der Waals surface area (Å²) in [5.74, 6) is -0.722. The number of carbonyl (C=O) groups is 1. The Morgan fingerprint density at radius 2 is 1.93 bits per heavy atom. The van der Waals surface area contributed by atoms with Gasteiger partial charge >= 0.3 is 5.97 Å². The Bertz CT molecular complexity index is 171. The highest BCUT2D eigenvalue weighted by atomic mass is 16.4. The summed E-state index contributed by atoms with van der Waals surface area (Å²) in [4.78, 5) is 10.5. The minimum atomic E-state index is -0.722. The number of rotatable bonds is 9. The van der Waals surface area contributed by atoms with Crippen LogP contribution >= 0.6 is 0 Å². The second-order valence-electron chi connectivity index (χ2n) is 4.29. The first-order chi connectivity index (χ1) is 7.10. The number of carboxylic acids is 1. The van der Waals surface area contributed by atoms with Gasteiger partial charge in [0, 0.05) is 12.1 Å². The number of nitrogens with one attached hydrogen (secondary N) is 1. The van der Waals surface area contributed by atoms with Gasteiger partial charge < -0.3 is 10.4 Å². The molecule has 0 bridgehead atoms. The van der Waals surface area contributed by atoms with Gasteiger partial charge in [-0.05, 0) is 19.8 Å². The summed E-state index contributed by atoms with van der Waals surface area (Å²) in [5.41, 5.74) is 0. The van der Waals surface area contributed by atoms with Crippen LogP contribution in [0.1, 0.15) is 59.3 Å². The number of unbranched alkanes of at least 4 members (excludes halogenated alkanes) is 1. The van der Waals surface area contributed by atoms with E-state index in [-0.39, 0.29) is 12.5 Å². The fourth-order valence-electron chi connectivity index (χ4n) is 1.83. The van der Waals surface area contributed by atoms with E-state index in [1.807, 2.05) is 6.92 Å². The summed E-state index contributed by atoms with van der Waals surface area (Å²) in [6, 6.07) is 0.570. The van der Waals surface area contributed by atoms with Crippen molar-refractivity contribution in [2.45, 2.75) is 71.4 Å². The molecule has 0 aromatic carbocycles. The Kier molecular flexibility index (Phi) is 8.38. The fraction of sp³-hybridized carbons (Fsp3) is 0.917. The van der Waals surface area contributed by atoms with Crippen molar-refractivity contribution in [1.82, 2.24) is 5.32 Å². The highest BCUT2D eigenvalue weighted by molar-refractivity contribution is 5.67. The number of hydrogen-bond acceptors (Lipinski definition) is 2. The molecule has 2 atom stereocenters. The Morgan fingerprint density at radius 3 is 2.40 bits per heavy atom. The zero-order valence-electron chi connectivity index (χ0n) is 10.3. The molecule has 0 aromatic rings. The van der Waals surface area contributed by atoms with Crippen LogP contribution in [-0.4, -0.2) is 23.2 Å². The van der Waals surface area contributed by atoms with Crippen LogP contribution in [0, 0.1) is 0 Å². The molecule has 0 saturated heterocycles. The molecule has 0 saturated carbocycles. The maximum Gasteiger partial charge on any atom is 0.304 e. The summed E-state index contributed by atoms with van der Waals surface area (Å²) in [6.45, 7) is 6.30. The monoisotopic (exact) mass is 215 g/mol. The average Bonchev–Trinajstić information content (AvgIpc) is 2.13. The van der Waals surface area contributed by atoms with Crippen LogP contribution in [0.25, 0.3) is 0 Å². The maximum atomic E-state index is 10.5. The lowest BCUT2D eigenvalue weighted by molar-refractivity contribution is -0.137. The minimum absolute atomic E-state index is 0.0795. The molecule has 15 heavy (non-hydrogen) atoms. The summed E-state index contributed by atoms with van der Waals surface area (Å²) in [5, 5.41) is 12.1. The molecule has 0 rings (SSSR count). The van der Waals surface area contributed by atoms with E-state index in [1.165, 1.54) is 12.8 Å². The van der Waals surface area contributed by atoms with Gasteiger partial charge in [0.05, 0.1) is 6.42 Å². The molecule has 0 aliphatic heterocycles. The van der Waals surface area contributed by atoms with Crippen LogP contribution in [0.2, 0.25) is 0 Å². The molecule has 0 radical (unpaired) electrons. The van der Waals surface area contributed by atoms with Crippen LogP contribution in [0.4, 0.5) is 0 Å². The van der Waals surface area contributed by atoms with Gasteiger partial charge in [-0.1, -0.05) is 33.1 Å². The molecule has 2 N–H and O–H groups in total. The molecule has 0 aliphatic rings. The van der Waals surface area contributed by atoms with Crippen molar-refractivity contribution >= 4 is 5.97 Å². The maximum absolute atomic E-state index is 10.5. The standard InChI is InChI=1S/C12H25NO2/c1-4-6-8-11(7-5-2)13-10(3)9-12(14)15/h10-11,13H,4-9H2,1-3H3,(H,14,15). The SMILES string of the molecule is CCCCC(CCC)NC(C)CC(=O)O. The van der Waals surface area contributed by atoms with Gasteiger partial charge in [0.1, 0.15) is 0 Å². The Labute approximate surface area is 93.3 Å². The van der Waals surface area contributed by atoms with Crippen molar-refractivity contribution in [2.75, 3.05) is 0 Å². The quantitative estimate of drug-likeness (QED) is 0.622. The van der Waals surface area contributed by atoms with E-state index in [4.69, 9.17) is 5.11 Å². The molecule has 0 aromatic heterocycles. The minimum Gasteiger partial charge on any atom is -0.481 e. The van der Waals surface area contributed by atoms with Crippen molar-refractivity contribution in [2.24, 2.45) is 0 Å². The van der Waals surface area contributed by atoms with Crippen LogP contribution in [0.3, 0.4) is 0 Å². The van der Waals surface area contributed by atoms with E-state index in [0.717, 1.165) is 19.3 Å². The largest absolute Gasteiger partial charge is 0.481 e. The van der Waals surface area contributed by atoms with Crippen LogP contribution in [0.15, 0.2) is 0 Å². The van der Waals surface area contributed by atoms with Gasteiger partial charge in [0.25, 0.3) is 0 Å². The highest BCUT2D eigenvalue weighted by Gasteiger charge is 2.13. The Morgan fingerprint density at radius 1 is 1.27 bits per heavy atom. The highest BCUT2D eigenvalue weighted by Crippen LogP contribution is 2.08. The van der Waals surface area contributed by atoms with Gasteiger partial charge in [0.2, 0.25) is 0 Å². The first-order valence-electron chi connectivity index (χ1n) is 6.07. The van der Waals surface area contributed by atoms with E-state index in [9.17, 15) is 4.79 Å². The van der Waals surface area contributed by atoms with E-state index < -0.39 is 5.97 Å². The van der Waals surface area contributed by atoms with Crippen LogP contribution < -0.4 is 5.32 Å². The van der Waals surface area contributed by atoms with Crippen LogP contribution in [0.5, 0.6) is 0 Å². The first-order valence-corrected chi connectivity index (χ1v) is 6.07. The summed E-state index contributed by atoms with van der Waals surface area (Å²) < 4.78 is 0. The molecule has 0 fully saturated rings. The number of hydrogen-bond donors (Lipinski definition) is 2. The number of aliphatic carboxylic acids is 1. The zero-order valence-corrected chi connectivity index (χ0v) is 10.3. The molecule has 2 unspecified atom stereocenters. The van der Waals surface area contributed by atoms with E-state index in [1.54, 1.807) is 0 Å². The van der Waals surface area contributed by atoms with E-state index >= 15 is 0 Å². The third kappa shape index (κ3) is 8.43. The lowest BCUT2D eigenvalue weighted by Gasteiger charge is -2.22. The second-order valence-corrected chi connectivity index (χ2v) is 4.29. The van der Waals surface area contributed by atoms with Crippen molar-refractivity contribution in [3.63, 3.8) is 0 Å². The lowest BCUT2D eigenvalue weighted by atomic mass is 10.0. The molecule has 0 heterocycles. The molecule has 90 valence electrons. The Balaban J connectivity index is 3.85. The molecule has 0 aliphatic carbocycles. The van der Waals surface area contributed by atoms with Gasteiger partial charge in [-0.3, -0.25) is 4.79 Å². The number of carboxylic acid groups (broad SMARTS) is 1. The summed E-state index contributed by atoms with van der Waals surface area (Å²) >= 11 is 0.